The molecule has 0 saturated carbocycles. The first-order chi connectivity index (χ1) is 6.65. The van der Waals surface area contributed by atoms with E-state index in [4.69, 9.17) is 10.8 Å². The number of hydrogen-bond acceptors (Lipinski definition) is 4. The Kier molecular flexibility index (Phi) is 6.84. The van der Waals surface area contributed by atoms with Crippen LogP contribution in [0.5, 0.6) is 0 Å². The van der Waals surface area contributed by atoms with E-state index in [-0.39, 0.29) is 24.9 Å². The molecule has 1 amide bonds. The highest BCUT2D eigenvalue weighted by Gasteiger charge is 2.22. The number of β-amino-alcohol motifs (C(OH)–C–C–N with tert-alkyl or cyclic N) is 1. The summed E-state index contributed by atoms with van der Waals surface area (Å²) in [7, 11) is 0. The van der Waals surface area contributed by atoms with Crippen molar-refractivity contribution in [2.75, 3.05) is 39.3 Å². The van der Waals surface area contributed by atoms with E-state index in [1.165, 1.54) is 0 Å². The van der Waals surface area contributed by atoms with Crippen LogP contribution in [0.4, 0.5) is 0 Å². The second kappa shape index (κ2) is 7.00. The largest absolute Gasteiger partial charge is 0.395 e. The van der Waals surface area contributed by atoms with Crippen molar-refractivity contribution in [3.05, 3.63) is 0 Å². The molecule has 1 rings (SSSR count). The number of carbonyl (C=O) groups is 1. The SMILES string of the molecule is CC(N)C(=O)N1CCN(CCO)CC1.Cl. The zero-order chi connectivity index (χ0) is 10.6. The zero-order valence-electron chi connectivity index (χ0n) is 9.06. The third-order valence-corrected chi connectivity index (χ3v) is 2.49. The van der Waals surface area contributed by atoms with Crippen LogP contribution in [0.15, 0.2) is 0 Å². The number of rotatable bonds is 3. The van der Waals surface area contributed by atoms with E-state index in [2.05, 4.69) is 4.90 Å². The number of nitrogens with zero attached hydrogens (tertiary/aromatic N) is 2. The van der Waals surface area contributed by atoms with Crippen LogP contribution >= 0.6 is 12.4 Å². The number of hydrogen-bond donors (Lipinski definition) is 2. The lowest BCUT2D eigenvalue weighted by molar-refractivity contribution is -0.133. The Balaban J connectivity index is 0.00000196. The summed E-state index contributed by atoms with van der Waals surface area (Å²) >= 11 is 0. The lowest BCUT2D eigenvalue weighted by Crippen LogP contribution is -2.52. The van der Waals surface area contributed by atoms with Crippen LogP contribution in [0.1, 0.15) is 6.92 Å². The molecule has 0 radical (unpaired) electrons. The molecule has 1 fully saturated rings. The first-order valence-corrected chi connectivity index (χ1v) is 5.02. The first-order valence-electron chi connectivity index (χ1n) is 5.02. The van der Waals surface area contributed by atoms with Crippen LogP contribution in [-0.2, 0) is 4.79 Å². The van der Waals surface area contributed by atoms with Crippen molar-refractivity contribution < 1.29 is 9.90 Å². The van der Waals surface area contributed by atoms with Gasteiger partial charge in [0, 0.05) is 32.7 Å². The highest BCUT2D eigenvalue weighted by molar-refractivity contribution is 5.85. The van der Waals surface area contributed by atoms with Gasteiger partial charge in [-0.3, -0.25) is 9.69 Å². The maximum atomic E-state index is 11.5. The summed E-state index contributed by atoms with van der Waals surface area (Å²) in [5.41, 5.74) is 5.52. The van der Waals surface area contributed by atoms with Crippen molar-refractivity contribution in [3.8, 4) is 0 Å². The molecule has 0 spiro atoms. The molecule has 1 aliphatic heterocycles. The molecule has 1 atom stereocenters. The van der Waals surface area contributed by atoms with E-state index in [9.17, 15) is 4.79 Å². The molecule has 1 unspecified atom stereocenters. The number of piperazine rings is 1. The van der Waals surface area contributed by atoms with Gasteiger partial charge in [-0.05, 0) is 6.92 Å². The summed E-state index contributed by atoms with van der Waals surface area (Å²) in [6.07, 6.45) is 0. The second-order valence-electron chi connectivity index (χ2n) is 3.68. The molecule has 0 aliphatic carbocycles. The van der Waals surface area contributed by atoms with Crippen molar-refractivity contribution in [2.45, 2.75) is 13.0 Å². The van der Waals surface area contributed by atoms with Gasteiger partial charge >= 0.3 is 0 Å². The maximum absolute atomic E-state index is 11.5. The lowest BCUT2D eigenvalue weighted by atomic mass is 10.2. The summed E-state index contributed by atoms with van der Waals surface area (Å²) in [6.45, 7) is 5.70. The van der Waals surface area contributed by atoms with E-state index in [1.54, 1.807) is 11.8 Å². The van der Waals surface area contributed by atoms with E-state index in [0.717, 1.165) is 26.2 Å². The average molecular weight is 238 g/mol. The number of amides is 1. The fourth-order valence-corrected chi connectivity index (χ4v) is 1.62. The third-order valence-electron chi connectivity index (χ3n) is 2.49. The Morgan fingerprint density at radius 2 is 1.93 bits per heavy atom. The standard InChI is InChI=1S/C9H19N3O2.ClH/c1-8(10)9(14)12-4-2-11(3-5-12)6-7-13;/h8,13H,2-7,10H2,1H3;1H. The maximum Gasteiger partial charge on any atom is 0.239 e. The summed E-state index contributed by atoms with van der Waals surface area (Å²) < 4.78 is 0. The van der Waals surface area contributed by atoms with Gasteiger partial charge in [-0.15, -0.1) is 12.4 Å². The van der Waals surface area contributed by atoms with Gasteiger partial charge in [0.1, 0.15) is 0 Å². The van der Waals surface area contributed by atoms with Gasteiger partial charge in [-0.1, -0.05) is 0 Å². The van der Waals surface area contributed by atoms with Gasteiger partial charge in [-0.2, -0.15) is 0 Å². The van der Waals surface area contributed by atoms with Crippen LogP contribution in [0.25, 0.3) is 0 Å². The van der Waals surface area contributed by atoms with E-state index >= 15 is 0 Å². The Labute approximate surface area is 96.6 Å². The molecule has 0 bridgehead atoms. The zero-order valence-corrected chi connectivity index (χ0v) is 9.87. The van der Waals surface area contributed by atoms with Crippen LogP contribution < -0.4 is 5.73 Å². The summed E-state index contributed by atoms with van der Waals surface area (Å²) in [5.74, 6) is 0.0219. The fraction of sp³-hybridized carbons (Fsp3) is 0.889. The average Bonchev–Trinajstić information content (AvgIpc) is 2.18. The predicted molar refractivity (Wildman–Crippen MR) is 61.0 cm³/mol. The molecule has 15 heavy (non-hydrogen) atoms. The highest BCUT2D eigenvalue weighted by Crippen LogP contribution is 2.02. The van der Waals surface area contributed by atoms with E-state index in [0.29, 0.717) is 6.54 Å². The number of nitrogens with two attached hydrogens (primary N) is 1. The molecule has 3 N–H and O–H groups in total. The minimum atomic E-state index is -0.403. The third kappa shape index (κ3) is 4.34. The Morgan fingerprint density at radius 3 is 2.33 bits per heavy atom. The molecule has 1 aliphatic rings. The molecule has 0 aromatic rings. The van der Waals surface area contributed by atoms with Gasteiger partial charge in [0.05, 0.1) is 12.6 Å². The molecule has 1 saturated heterocycles. The van der Waals surface area contributed by atoms with Crippen LogP contribution in [-0.4, -0.2) is 66.2 Å². The topological polar surface area (TPSA) is 69.8 Å². The van der Waals surface area contributed by atoms with Crippen molar-refractivity contribution >= 4 is 18.3 Å². The van der Waals surface area contributed by atoms with Gasteiger partial charge in [-0.25, -0.2) is 0 Å². The van der Waals surface area contributed by atoms with Gasteiger partial charge in [0.2, 0.25) is 5.91 Å². The molecule has 1 heterocycles. The summed E-state index contributed by atoms with van der Waals surface area (Å²) in [5, 5.41) is 8.74. The lowest BCUT2D eigenvalue weighted by Gasteiger charge is -2.35. The monoisotopic (exact) mass is 237 g/mol. The number of aliphatic hydroxyl groups is 1. The molecular weight excluding hydrogens is 218 g/mol. The van der Waals surface area contributed by atoms with E-state index in [1.807, 2.05) is 0 Å². The van der Waals surface area contributed by atoms with Crippen molar-refractivity contribution in [1.29, 1.82) is 0 Å². The minimum absolute atomic E-state index is 0. The molecular formula is C9H20ClN3O2. The minimum Gasteiger partial charge on any atom is -0.395 e. The van der Waals surface area contributed by atoms with Crippen LogP contribution in [0.2, 0.25) is 0 Å². The van der Waals surface area contributed by atoms with Gasteiger partial charge in [0.15, 0.2) is 0 Å². The van der Waals surface area contributed by atoms with E-state index < -0.39 is 6.04 Å². The summed E-state index contributed by atoms with van der Waals surface area (Å²) in [6, 6.07) is -0.403. The first kappa shape index (κ1) is 14.6. The second-order valence-corrected chi connectivity index (χ2v) is 3.68. The predicted octanol–water partition coefficient (Wildman–Crippen LogP) is -1.11. The van der Waals surface area contributed by atoms with Crippen LogP contribution in [0, 0.1) is 0 Å². The number of carbonyl (C=O) groups excluding carboxylic acids is 1. The van der Waals surface area contributed by atoms with Gasteiger partial charge < -0.3 is 15.7 Å². The smallest absolute Gasteiger partial charge is 0.239 e. The fourth-order valence-electron chi connectivity index (χ4n) is 1.62. The Bertz CT molecular complexity index is 194. The van der Waals surface area contributed by atoms with Crippen molar-refractivity contribution in [1.82, 2.24) is 9.80 Å². The molecule has 0 aromatic heterocycles. The van der Waals surface area contributed by atoms with Crippen LogP contribution in [0.3, 0.4) is 0 Å². The number of aliphatic hydroxyl groups excluding tert-OH is 1. The van der Waals surface area contributed by atoms with Gasteiger partial charge in [0.25, 0.3) is 0 Å². The normalized spacial score (nSPS) is 19.5. The molecule has 6 heteroatoms. The van der Waals surface area contributed by atoms with Crippen molar-refractivity contribution in [2.24, 2.45) is 5.73 Å². The molecule has 0 aromatic carbocycles. The summed E-state index contributed by atoms with van der Waals surface area (Å²) in [4.78, 5) is 15.4. The van der Waals surface area contributed by atoms with Crippen molar-refractivity contribution in [3.63, 3.8) is 0 Å². The molecule has 90 valence electrons. The quantitative estimate of drug-likeness (QED) is 0.653. The molecule has 5 nitrogen and oxygen atoms in total. The Morgan fingerprint density at radius 1 is 1.40 bits per heavy atom. The highest BCUT2D eigenvalue weighted by atomic mass is 35.5. The Hall–Kier alpha value is -0.360. The number of halogens is 1.